The lowest BCUT2D eigenvalue weighted by Crippen LogP contribution is -2.48. The molecule has 2 aromatic heterocycles. The zero-order valence-electron chi connectivity index (χ0n) is 23.7. The second-order valence-electron chi connectivity index (χ2n) is 10.9. The first kappa shape index (κ1) is 27.0. The summed E-state index contributed by atoms with van der Waals surface area (Å²) >= 11 is 0. The van der Waals surface area contributed by atoms with Crippen molar-refractivity contribution in [3.8, 4) is 11.5 Å². The van der Waals surface area contributed by atoms with Crippen LogP contribution in [-0.2, 0) is 6.54 Å². The Bertz CT molecular complexity index is 1510. The average Bonchev–Trinajstić information content (AvgIpc) is 3.47. The number of aromatic nitrogens is 2. The van der Waals surface area contributed by atoms with Crippen molar-refractivity contribution in [2.24, 2.45) is 5.92 Å². The van der Waals surface area contributed by atoms with E-state index in [-0.39, 0.29) is 29.8 Å². The van der Waals surface area contributed by atoms with E-state index in [9.17, 15) is 9.59 Å². The van der Waals surface area contributed by atoms with Gasteiger partial charge in [0.2, 0.25) is 11.8 Å². The van der Waals surface area contributed by atoms with Gasteiger partial charge in [-0.05, 0) is 74.3 Å². The van der Waals surface area contributed by atoms with Gasteiger partial charge < -0.3 is 9.47 Å². The van der Waals surface area contributed by atoms with Gasteiger partial charge in [0, 0.05) is 42.8 Å². The molecule has 2 unspecified atom stereocenters. The first-order valence-corrected chi connectivity index (χ1v) is 13.6. The highest BCUT2D eigenvalue weighted by atomic mass is 16.5. The number of hydrogen-bond acceptors (Lipinski definition) is 6. The Balaban J connectivity index is 1.48. The number of rotatable bonds is 9. The molecule has 4 aromatic rings. The van der Waals surface area contributed by atoms with Gasteiger partial charge in [-0.2, -0.15) is 0 Å². The van der Waals surface area contributed by atoms with E-state index in [0.29, 0.717) is 6.54 Å². The Morgan fingerprint density at radius 2 is 1.56 bits per heavy atom. The molecular weight excluding hydrogens is 492 g/mol. The molecule has 1 saturated heterocycles. The summed E-state index contributed by atoms with van der Waals surface area (Å²) < 4.78 is 14.4. The minimum atomic E-state index is -0.373. The Morgan fingerprint density at radius 3 is 2.18 bits per heavy atom. The molecule has 8 nitrogen and oxygen atoms in total. The van der Waals surface area contributed by atoms with Crippen LogP contribution in [0.1, 0.15) is 42.3 Å². The summed E-state index contributed by atoms with van der Waals surface area (Å²) in [7, 11) is 5.26. The lowest BCUT2D eigenvalue weighted by molar-refractivity contribution is 0.0644. The van der Waals surface area contributed by atoms with E-state index >= 15 is 0 Å². The molecule has 0 spiro atoms. The fourth-order valence-electron chi connectivity index (χ4n) is 5.73. The molecule has 0 N–H and O–H groups in total. The highest BCUT2D eigenvalue weighted by Crippen LogP contribution is 2.30. The molecule has 8 heteroatoms. The lowest BCUT2D eigenvalue weighted by Gasteiger charge is -2.35. The average molecular weight is 531 g/mol. The van der Waals surface area contributed by atoms with Crippen molar-refractivity contribution in [3.63, 3.8) is 0 Å². The highest BCUT2D eigenvalue weighted by Gasteiger charge is 2.31. The Hall–Kier alpha value is -3.62. The van der Waals surface area contributed by atoms with Gasteiger partial charge in [-0.15, -0.1) is 0 Å². The van der Waals surface area contributed by atoms with E-state index in [2.05, 4.69) is 23.6 Å². The number of carbonyl (C=O) groups excluding carboxylic acids is 2. The number of benzene rings is 2. The first-order chi connectivity index (χ1) is 18.7. The number of methoxy groups -OCH3 is 2. The van der Waals surface area contributed by atoms with Crippen molar-refractivity contribution < 1.29 is 19.1 Å². The topological polar surface area (TPSA) is 68.9 Å². The molecule has 39 heavy (non-hydrogen) atoms. The van der Waals surface area contributed by atoms with Crippen LogP contribution >= 0.6 is 0 Å². The third-order valence-corrected chi connectivity index (χ3v) is 8.04. The van der Waals surface area contributed by atoms with Gasteiger partial charge in [0.15, 0.2) is 0 Å². The molecule has 1 fully saturated rings. The fourth-order valence-corrected chi connectivity index (χ4v) is 5.73. The Labute approximate surface area is 229 Å². The third kappa shape index (κ3) is 4.94. The van der Waals surface area contributed by atoms with Crippen LogP contribution in [0.5, 0.6) is 11.5 Å². The molecule has 0 saturated carbocycles. The largest absolute Gasteiger partial charge is 0.497 e. The zero-order valence-corrected chi connectivity index (χ0v) is 23.7. The van der Waals surface area contributed by atoms with Crippen LogP contribution in [0.2, 0.25) is 0 Å². The summed E-state index contributed by atoms with van der Waals surface area (Å²) in [6, 6.07) is 12.9. The molecule has 5 rings (SSSR count). The predicted molar refractivity (Wildman–Crippen MR) is 154 cm³/mol. The number of hydrogen-bond donors (Lipinski definition) is 0. The summed E-state index contributed by atoms with van der Waals surface area (Å²) in [4.78, 5) is 31.8. The monoisotopic (exact) mass is 530 g/mol. The molecule has 0 aliphatic carbocycles. The molecule has 1 aliphatic heterocycles. The molecule has 3 heterocycles. The van der Waals surface area contributed by atoms with Crippen molar-refractivity contribution in [2.75, 3.05) is 34.4 Å². The molecule has 2 aromatic carbocycles. The summed E-state index contributed by atoms with van der Waals surface area (Å²) in [5.41, 5.74) is 2.69. The number of fused-ring (bicyclic) bond motifs is 2. The molecule has 2 atom stereocenters. The van der Waals surface area contributed by atoms with E-state index in [1.807, 2.05) is 68.8 Å². The number of ether oxygens (including phenoxy) is 2. The van der Waals surface area contributed by atoms with Crippen LogP contribution in [0.4, 0.5) is 0 Å². The van der Waals surface area contributed by atoms with Crippen LogP contribution in [0.3, 0.4) is 0 Å². The summed E-state index contributed by atoms with van der Waals surface area (Å²) in [5, 5.41) is 1.91. The van der Waals surface area contributed by atoms with Crippen LogP contribution in [0, 0.1) is 5.92 Å². The third-order valence-electron chi connectivity index (χ3n) is 8.04. The Kier molecular flexibility index (Phi) is 7.51. The van der Waals surface area contributed by atoms with E-state index in [1.165, 1.54) is 0 Å². The highest BCUT2D eigenvalue weighted by molar-refractivity contribution is 5.98. The molecule has 1 aliphatic rings. The second kappa shape index (κ2) is 10.9. The van der Waals surface area contributed by atoms with Crippen molar-refractivity contribution in [1.29, 1.82) is 0 Å². The van der Waals surface area contributed by atoms with Crippen molar-refractivity contribution >= 4 is 33.6 Å². The smallest absolute Gasteiger partial charge is 0.248 e. The quantitative estimate of drug-likeness (QED) is 0.298. The molecular formula is C31H38N4O4. The molecule has 0 radical (unpaired) electrons. The van der Waals surface area contributed by atoms with Gasteiger partial charge in [-0.25, -0.2) is 0 Å². The molecule has 206 valence electrons. The van der Waals surface area contributed by atoms with E-state index in [0.717, 1.165) is 58.4 Å². The van der Waals surface area contributed by atoms with Gasteiger partial charge in [0.25, 0.3) is 0 Å². The molecule has 0 amide bonds. The van der Waals surface area contributed by atoms with Gasteiger partial charge in [0.05, 0.1) is 37.3 Å². The SMILES string of the molecule is COc1ccc2c(ccn2C(=O)C(C(C)C)N(C)Cc2cn(C(=O)C(C)N3CCC3)c3ccc(OC)cc23)c1. The maximum atomic E-state index is 13.9. The first-order valence-electron chi connectivity index (χ1n) is 13.6. The van der Waals surface area contributed by atoms with Gasteiger partial charge in [0.1, 0.15) is 11.5 Å². The Morgan fingerprint density at radius 1 is 0.897 bits per heavy atom. The van der Waals surface area contributed by atoms with Crippen molar-refractivity contribution in [2.45, 2.75) is 45.8 Å². The standard InChI is InChI=1S/C31H38N4O4/c1-20(2)29(31(37)34-15-12-22-16-24(38-5)8-10-27(22)34)32(4)18-23-19-35(30(36)21(3)33-13-7-14-33)28-11-9-25(39-6)17-26(23)28/h8-12,15-17,19-21,29H,7,13-14,18H2,1-6H3. The number of likely N-dealkylation sites (N-methyl/N-ethyl adjacent to an activating group) is 1. The maximum absolute atomic E-state index is 13.9. The van der Waals surface area contributed by atoms with Crippen LogP contribution in [0.25, 0.3) is 21.8 Å². The second-order valence-corrected chi connectivity index (χ2v) is 10.9. The van der Waals surface area contributed by atoms with E-state index in [4.69, 9.17) is 9.47 Å². The van der Waals surface area contributed by atoms with Gasteiger partial charge in [-0.1, -0.05) is 13.8 Å². The summed E-state index contributed by atoms with van der Waals surface area (Å²) in [6.45, 7) is 8.52. The zero-order chi connectivity index (χ0) is 27.8. The van der Waals surface area contributed by atoms with Gasteiger partial charge >= 0.3 is 0 Å². The van der Waals surface area contributed by atoms with E-state index in [1.54, 1.807) is 23.4 Å². The number of nitrogens with zero attached hydrogens (tertiary/aromatic N) is 4. The summed E-state index contributed by atoms with van der Waals surface area (Å²) in [6.07, 6.45) is 4.91. The predicted octanol–water partition coefficient (Wildman–Crippen LogP) is 5.14. The van der Waals surface area contributed by atoms with Crippen molar-refractivity contribution in [3.05, 3.63) is 60.4 Å². The van der Waals surface area contributed by atoms with Crippen molar-refractivity contribution in [1.82, 2.24) is 18.9 Å². The number of carbonyl (C=O) groups is 2. The van der Waals surface area contributed by atoms with E-state index < -0.39 is 0 Å². The number of likely N-dealkylation sites (tertiary alicyclic amines) is 1. The van der Waals surface area contributed by atoms with Crippen LogP contribution < -0.4 is 9.47 Å². The minimum Gasteiger partial charge on any atom is -0.497 e. The maximum Gasteiger partial charge on any atom is 0.248 e. The summed E-state index contributed by atoms with van der Waals surface area (Å²) in [5.74, 6) is 1.63. The fraction of sp³-hybridized carbons (Fsp3) is 0.419. The molecule has 0 bridgehead atoms. The normalized spacial score (nSPS) is 15.6. The van der Waals surface area contributed by atoms with Crippen LogP contribution in [-0.4, -0.2) is 77.2 Å². The lowest BCUT2D eigenvalue weighted by atomic mass is 10.0. The van der Waals surface area contributed by atoms with Crippen LogP contribution in [0.15, 0.2) is 54.9 Å². The van der Waals surface area contributed by atoms with Gasteiger partial charge in [-0.3, -0.25) is 28.5 Å². The minimum absolute atomic E-state index is 0.0106.